The second-order valence-corrected chi connectivity index (χ2v) is 5.18. The molecule has 0 amide bonds. The Bertz CT molecular complexity index is 311. The first kappa shape index (κ1) is 15.4. The molecule has 18 heavy (non-hydrogen) atoms. The Morgan fingerprint density at radius 2 is 2.39 bits per heavy atom. The molecule has 102 valence electrons. The van der Waals surface area contributed by atoms with Crippen LogP contribution in [0, 0.1) is 11.8 Å². The van der Waals surface area contributed by atoms with Crippen molar-refractivity contribution < 1.29 is 14.6 Å². The number of aliphatic hydroxyl groups excluding tert-OH is 1. The van der Waals surface area contributed by atoms with E-state index in [1.54, 1.807) is 11.9 Å². The first-order valence-corrected chi connectivity index (χ1v) is 7.34. The van der Waals surface area contributed by atoms with Gasteiger partial charge in [0.25, 0.3) is 0 Å². The third-order valence-electron chi connectivity index (χ3n) is 2.67. The fourth-order valence-electron chi connectivity index (χ4n) is 1.69. The van der Waals surface area contributed by atoms with Crippen molar-refractivity contribution >= 4 is 17.9 Å². The van der Waals surface area contributed by atoms with Crippen LogP contribution < -0.4 is 0 Å². The maximum atomic E-state index is 11.1. The Balaban J connectivity index is 2.09. The summed E-state index contributed by atoms with van der Waals surface area (Å²) in [5, 5.41) is 9.13. The smallest absolute Gasteiger partial charge is 0.305 e. The lowest BCUT2D eigenvalue weighted by molar-refractivity contribution is -0.143. The topological polar surface area (TPSA) is 49.8 Å². The van der Waals surface area contributed by atoms with Crippen molar-refractivity contribution in [3.8, 4) is 11.8 Å². The average molecular weight is 271 g/mol. The number of nitrogens with zero attached hydrogens (tertiary/aromatic N) is 1. The van der Waals surface area contributed by atoms with Crippen molar-refractivity contribution in [2.45, 2.75) is 38.6 Å². The molecule has 0 aromatic carbocycles. The summed E-state index contributed by atoms with van der Waals surface area (Å²) in [6.07, 6.45) is 2.95. The highest BCUT2D eigenvalue weighted by Crippen LogP contribution is 2.25. The maximum Gasteiger partial charge on any atom is 0.305 e. The van der Waals surface area contributed by atoms with Crippen LogP contribution in [0.5, 0.6) is 0 Å². The summed E-state index contributed by atoms with van der Waals surface area (Å²) in [6.45, 7) is 3.15. The van der Waals surface area contributed by atoms with Gasteiger partial charge < -0.3 is 9.84 Å². The minimum Gasteiger partial charge on any atom is -0.466 e. The van der Waals surface area contributed by atoms with Crippen molar-refractivity contribution in [2.24, 2.45) is 0 Å². The van der Waals surface area contributed by atoms with E-state index in [2.05, 4.69) is 16.1 Å². The summed E-state index contributed by atoms with van der Waals surface area (Å²) in [4.78, 5) is 11.1. The van der Waals surface area contributed by atoms with Crippen LogP contribution in [-0.4, -0.2) is 46.9 Å². The molecule has 0 aromatic rings. The van der Waals surface area contributed by atoms with Gasteiger partial charge in [-0.15, -0.1) is 5.92 Å². The van der Waals surface area contributed by atoms with Gasteiger partial charge in [-0.2, -0.15) is 0 Å². The molecule has 1 unspecified atom stereocenters. The van der Waals surface area contributed by atoms with Crippen molar-refractivity contribution in [1.82, 2.24) is 4.31 Å². The lowest BCUT2D eigenvalue weighted by Gasteiger charge is -2.17. The van der Waals surface area contributed by atoms with E-state index in [4.69, 9.17) is 9.84 Å². The van der Waals surface area contributed by atoms with Crippen LogP contribution in [-0.2, 0) is 9.53 Å². The van der Waals surface area contributed by atoms with Gasteiger partial charge in [-0.05, 0) is 19.8 Å². The van der Waals surface area contributed by atoms with Crippen LogP contribution in [0.2, 0.25) is 0 Å². The summed E-state index contributed by atoms with van der Waals surface area (Å²) in [5.41, 5.74) is 0. The Hall–Kier alpha value is -0.700. The van der Waals surface area contributed by atoms with Gasteiger partial charge in [-0.3, -0.25) is 4.79 Å². The van der Waals surface area contributed by atoms with Crippen LogP contribution in [0.25, 0.3) is 0 Å². The van der Waals surface area contributed by atoms with E-state index in [0.29, 0.717) is 19.6 Å². The van der Waals surface area contributed by atoms with Crippen LogP contribution in [0.3, 0.4) is 0 Å². The number of hydrogen-bond donors (Lipinski definition) is 1. The molecule has 1 atom stereocenters. The molecule has 0 saturated carbocycles. The van der Waals surface area contributed by atoms with Gasteiger partial charge in [-0.25, -0.2) is 4.31 Å². The van der Waals surface area contributed by atoms with E-state index >= 15 is 0 Å². The predicted octanol–water partition coefficient (Wildman–Crippen LogP) is 1.44. The number of unbranched alkanes of at least 4 members (excludes halogenated alkanes) is 1. The molecule has 1 aliphatic heterocycles. The normalized spacial score (nSPS) is 19.3. The second-order valence-electron chi connectivity index (χ2n) is 4.05. The lowest BCUT2D eigenvalue weighted by Crippen LogP contribution is -2.27. The van der Waals surface area contributed by atoms with Gasteiger partial charge in [-0.1, -0.05) is 17.9 Å². The van der Waals surface area contributed by atoms with Crippen molar-refractivity contribution in [3.05, 3.63) is 0 Å². The molecule has 0 aliphatic carbocycles. The molecular formula is C13H21NO3S. The van der Waals surface area contributed by atoms with Gasteiger partial charge in [0, 0.05) is 24.6 Å². The van der Waals surface area contributed by atoms with E-state index in [1.165, 1.54) is 0 Å². The molecule has 1 aliphatic rings. The van der Waals surface area contributed by atoms with Crippen molar-refractivity contribution in [1.29, 1.82) is 0 Å². The van der Waals surface area contributed by atoms with Gasteiger partial charge >= 0.3 is 5.97 Å². The fraction of sp³-hybridized carbons (Fsp3) is 0.769. The third-order valence-corrected chi connectivity index (χ3v) is 3.85. The second kappa shape index (κ2) is 9.26. The number of ether oxygens (including phenoxy) is 1. The maximum absolute atomic E-state index is 11.1. The minimum absolute atomic E-state index is 0.144. The largest absolute Gasteiger partial charge is 0.466 e. The fourth-order valence-corrected chi connectivity index (χ4v) is 2.84. The zero-order chi connectivity index (χ0) is 13.2. The minimum atomic E-state index is -0.144. The molecule has 0 spiro atoms. The SMILES string of the molecule is CCOC(=O)CCCC#CCN1SCCC1CO. The molecule has 1 heterocycles. The average Bonchev–Trinajstić information content (AvgIpc) is 2.81. The van der Waals surface area contributed by atoms with Gasteiger partial charge in [0.05, 0.1) is 19.8 Å². The number of rotatable bonds is 6. The van der Waals surface area contributed by atoms with E-state index in [-0.39, 0.29) is 18.6 Å². The van der Waals surface area contributed by atoms with Crippen molar-refractivity contribution in [3.63, 3.8) is 0 Å². The van der Waals surface area contributed by atoms with Crippen molar-refractivity contribution in [2.75, 3.05) is 25.5 Å². The van der Waals surface area contributed by atoms with E-state index < -0.39 is 0 Å². The molecule has 1 saturated heterocycles. The molecule has 4 nitrogen and oxygen atoms in total. The highest BCUT2D eigenvalue weighted by molar-refractivity contribution is 7.97. The third kappa shape index (κ3) is 5.76. The van der Waals surface area contributed by atoms with Crippen LogP contribution in [0.1, 0.15) is 32.6 Å². The number of aliphatic hydroxyl groups is 1. The summed E-state index contributed by atoms with van der Waals surface area (Å²) in [5.74, 6) is 7.07. The van der Waals surface area contributed by atoms with Gasteiger partial charge in [0.2, 0.25) is 0 Å². The van der Waals surface area contributed by atoms with E-state index in [0.717, 1.165) is 25.0 Å². The molecule has 0 radical (unpaired) electrons. The monoisotopic (exact) mass is 271 g/mol. The number of carbonyl (C=O) groups is 1. The molecule has 1 fully saturated rings. The molecule has 0 aromatic heterocycles. The van der Waals surface area contributed by atoms with Crippen LogP contribution in [0.15, 0.2) is 0 Å². The summed E-state index contributed by atoms with van der Waals surface area (Å²) < 4.78 is 6.97. The Morgan fingerprint density at radius 3 is 3.11 bits per heavy atom. The molecule has 5 heteroatoms. The number of hydrogen-bond acceptors (Lipinski definition) is 5. The Morgan fingerprint density at radius 1 is 1.56 bits per heavy atom. The summed E-state index contributed by atoms with van der Waals surface area (Å²) in [7, 11) is 0. The predicted molar refractivity (Wildman–Crippen MR) is 72.9 cm³/mol. The standard InChI is InChI=1S/C13H21NO3S/c1-2-17-13(16)7-5-3-4-6-9-14-12(11-15)8-10-18-14/h12,15H,2-3,5,7-11H2,1H3. The van der Waals surface area contributed by atoms with Crippen LogP contribution >= 0.6 is 11.9 Å². The zero-order valence-corrected chi connectivity index (χ0v) is 11.7. The molecule has 1 rings (SSSR count). The van der Waals surface area contributed by atoms with E-state index in [1.807, 2.05) is 6.92 Å². The number of esters is 1. The first-order valence-electron chi connectivity index (χ1n) is 6.39. The van der Waals surface area contributed by atoms with E-state index in [9.17, 15) is 4.79 Å². The Labute approximate surface area is 113 Å². The summed E-state index contributed by atoms with van der Waals surface area (Å²) in [6, 6.07) is 0.254. The number of carbonyl (C=O) groups excluding carboxylic acids is 1. The van der Waals surface area contributed by atoms with Crippen LogP contribution in [0.4, 0.5) is 0 Å². The lowest BCUT2D eigenvalue weighted by atomic mass is 10.2. The first-order chi connectivity index (χ1) is 8.77. The highest BCUT2D eigenvalue weighted by atomic mass is 32.2. The molecule has 0 bridgehead atoms. The van der Waals surface area contributed by atoms with Gasteiger partial charge in [0.15, 0.2) is 0 Å². The zero-order valence-electron chi connectivity index (χ0n) is 10.9. The van der Waals surface area contributed by atoms with Gasteiger partial charge in [0.1, 0.15) is 0 Å². The molecular weight excluding hydrogens is 250 g/mol. The highest BCUT2D eigenvalue weighted by Gasteiger charge is 2.23. The molecule has 1 N–H and O–H groups in total. The Kier molecular flexibility index (Phi) is 7.90. The quantitative estimate of drug-likeness (QED) is 0.343. The summed E-state index contributed by atoms with van der Waals surface area (Å²) >= 11 is 1.75.